The number of carbonyl (C=O) groups is 1. The highest BCUT2D eigenvalue weighted by molar-refractivity contribution is 5.56. The molecule has 0 atom stereocenters. The predicted molar refractivity (Wildman–Crippen MR) is 124 cm³/mol. The monoisotopic (exact) mass is 420 g/mol. The van der Waals surface area contributed by atoms with Gasteiger partial charge in [0, 0.05) is 44.6 Å². The molecule has 7 nitrogen and oxygen atoms in total. The van der Waals surface area contributed by atoms with Crippen LogP contribution in [-0.4, -0.2) is 51.8 Å². The average Bonchev–Trinajstić information content (AvgIpc) is 2.86. The molecule has 162 valence electrons. The lowest BCUT2D eigenvalue weighted by molar-refractivity contribution is -0.120. The Morgan fingerprint density at radius 3 is 2.10 bits per heavy atom. The van der Waals surface area contributed by atoms with E-state index in [4.69, 9.17) is 4.74 Å². The van der Waals surface area contributed by atoms with Gasteiger partial charge in [-0.1, -0.05) is 18.2 Å². The number of rotatable bonds is 6. The van der Waals surface area contributed by atoms with Crippen LogP contribution in [-0.2, 0) is 4.79 Å². The lowest BCUT2D eigenvalue weighted by Crippen LogP contribution is -2.46. The molecule has 0 radical (unpaired) electrons. The summed E-state index contributed by atoms with van der Waals surface area (Å²) in [6.07, 6.45) is 1.78. The summed E-state index contributed by atoms with van der Waals surface area (Å²) in [4.78, 5) is 19.0. The van der Waals surface area contributed by atoms with E-state index in [0.717, 1.165) is 43.4 Å². The first-order valence-electron chi connectivity index (χ1n) is 10.2. The number of pyridine rings is 1. The van der Waals surface area contributed by atoms with Crippen molar-refractivity contribution in [2.75, 3.05) is 55.5 Å². The zero-order valence-corrected chi connectivity index (χ0v) is 17.9. The molecule has 2 aromatic carbocycles. The van der Waals surface area contributed by atoms with Gasteiger partial charge in [0.1, 0.15) is 17.3 Å². The Morgan fingerprint density at radius 2 is 1.55 bits per heavy atom. The van der Waals surface area contributed by atoms with Gasteiger partial charge >= 0.3 is 0 Å². The summed E-state index contributed by atoms with van der Waals surface area (Å²) >= 11 is 0. The number of methoxy groups -OCH3 is 1. The van der Waals surface area contributed by atoms with Crippen LogP contribution in [0.3, 0.4) is 0 Å². The van der Waals surface area contributed by atoms with Crippen LogP contribution < -0.4 is 24.6 Å². The molecule has 0 spiro atoms. The van der Waals surface area contributed by atoms with Crippen LogP contribution >= 0.6 is 0 Å². The number of benzene rings is 2. The number of anilines is 3. The molecule has 4 rings (SSSR count). The van der Waals surface area contributed by atoms with Crippen molar-refractivity contribution in [3.8, 4) is 11.5 Å². The molecule has 3 aromatic rings. The van der Waals surface area contributed by atoms with E-state index in [-0.39, 0.29) is 0 Å². The molecule has 0 amide bonds. The molecule has 1 fully saturated rings. The SMILES string of the molecule is CNc1ccc(N2CCN(c3ccc(OC)cn3)CC2)cc1.O=COc1ccccc1. The standard InChI is InChI=1S/C17H22N4O.C7H6O2/c1-18-14-3-5-15(6-4-14)20-9-11-21(12-10-20)17-8-7-16(22-2)13-19-17;8-6-9-7-4-2-1-3-5-7/h3-8,13,18H,9-12H2,1-2H3;1-6H. The molecule has 1 aromatic heterocycles. The van der Waals surface area contributed by atoms with Crippen LogP contribution in [0.15, 0.2) is 72.9 Å². The van der Waals surface area contributed by atoms with Crippen molar-refractivity contribution in [2.45, 2.75) is 0 Å². The van der Waals surface area contributed by atoms with Crippen molar-refractivity contribution in [3.63, 3.8) is 0 Å². The summed E-state index contributed by atoms with van der Waals surface area (Å²) in [6.45, 7) is 4.38. The molecule has 31 heavy (non-hydrogen) atoms. The Labute approximate surface area is 183 Å². The Kier molecular flexibility index (Phi) is 8.11. The van der Waals surface area contributed by atoms with Crippen LogP contribution in [0.1, 0.15) is 0 Å². The summed E-state index contributed by atoms with van der Waals surface area (Å²) in [6, 6.07) is 21.5. The fraction of sp³-hybridized carbons (Fsp3) is 0.250. The van der Waals surface area contributed by atoms with E-state index in [0.29, 0.717) is 12.2 Å². The number of para-hydroxylation sites is 1. The van der Waals surface area contributed by atoms with Gasteiger partial charge in [0.2, 0.25) is 0 Å². The van der Waals surface area contributed by atoms with Crippen molar-refractivity contribution < 1.29 is 14.3 Å². The Balaban J connectivity index is 0.000000254. The first-order valence-corrected chi connectivity index (χ1v) is 10.2. The summed E-state index contributed by atoms with van der Waals surface area (Å²) in [5.74, 6) is 2.39. The minimum absolute atomic E-state index is 0.412. The molecule has 0 unspecified atom stereocenters. The first kappa shape index (κ1) is 22.0. The fourth-order valence-corrected chi connectivity index (χ4v) is 3.27. The smallest absolute Gasteiger partial charge is 0.298 e. The summed E-state index contributed by atoms with van der Waals surface area (Å²) in [5.41, 5.74) is 2.42. The lowest BCUT2D eigenvalue weighted by atomic mass is 10.2. The third-order valence-corrected chi connectivity index (χ3v) is 5.01. The Bertz CT molecular complexity index is 854. The topological polar surface area (TPSA) is 66.9 Å². The van der Waals surface area contributed by atoms with E-state index >= 15 is 0 Å². The number of nitrogens with one attached hydrogen (secondary N) is 1. The second kappa shape index (κ2) is 11.4. The first-order chi connectivity index (χ1) is 15.2. The molecule has 1 aliphatic heterocycles. The third-order valence-electron chi connectivity index (χ3n) is 5.01. The van der Waals surface area contributed by atoms with E-state index in [1.54, 1.807) is 37.6 Å². The molecule has 1 aliphatic rings. The van der Waals surface area contributed by atoms with Crippen molar-refractivity contribution in [1.29, 1.82) is 0 Å². The zero-order chi connectivity index (χ0) is 21.9. The number of nitrogens with zero attached hydrogens (tertiary/aromatic N) is 3. The van der Waals surface area contributed by atoms with Crippen LogP contribution in [0.25, 0.3) is 0 Å². The van der Waals surface area contributed by atoms with Gasteiger partial charge in [0.05, 0.1) is 13.3 Å². The average molecular weight is 421 g/mol. The number of aromatic nitrogens is 1. The van der Waals surface area contributed by atoms with Gasteiger partial charge in [-0.15, -0.1) is 0 Å². The molecule has 2 heterocycles. The largest absolute Gasteiger partial charge is 0.495 e. The maximum atomic E-state index is 9.75. The number of ether oxygens (including phenoxy) is 2. The molecular weight excluding hydrogens is 392 g/mol. The molecule has 0 aliphatic carbocycles. The van der Waals surface area contributed by atoms with Crippen LogP contribution in [0.2, 0.25) is 0 Å². The third kappa shape index (κ3) is 6.37. The molecular formula is C24H28N4O3. The van der Waals surface area contributed by atoms with Gasteiger partial charge in [0.15, 0.2) is 0 Å². The number of piperazine rings is 1. The summed E-state index contributed by atoms with van der Waals surface area (Å²) < 4.78 is 9.68. The van der Waals surface area contributed by atoms with E-state index in [1.165, 1.54) is 5.69 Å². The van der Waals surface area contributed by atoms with E-state index in [1.807, 2.05) is 25.2 Å². The number of carbonyl (C=O) groups excluding carboxylic acids is 1. The minimum Gasteiger partial charge on any atom is -0.495 e. The lowest BCUT2D eigenvalue weighted by Gasteiger charge is -2.36. The highest BCUT2D eigenvalue weighted by atomic mass is 16.5. The van der Waals surface area contributed by atoms with Gasteiger partial charge in [-0.25, -0.2) is 4.98 Å². The maximum Gasteiger partial charge on any atom is 0.298 e. The van der Waals surface area contributed by atoms with Crippen molar-refractivity contribution >= 4 is 23.7 Å². The van der Waals surface area contributed by atoms with Gasteiger partial charge < -0.3 is 24.6 Å². The molecule has 7 heteroatoms. The molecule has 1 N–H and O–H groups in total. The van der Waals surface area contributed by atoms with E-state index < -0.39 is 0 Å². The normalized spacial score (nSPS) is 13.0. The quantitative estimate of drug-likeness (QED) is 0.610. The minimum atomic E-state index is 0.412. The van der Waals surface area contributed by atoms with Crippen LogP contribution in [0.5, 0.6) is 11.5 Å². The predicted octanol–water partition coefficient (Wildman–Crippen LogP) is 3.68. The van der Waals surface area contributed by atoms with E-state index in [2.05, 4.69) is 49.1 Å². The zero-order valence-electron chi connectivity index (χ0n) is 17.9. The Morgan fingerprint density at radius 1 is 0.871 bits per heavy atom. The van der Waals surface area contributed by atoms with Crippen LogP contribution in [0.4, 0.5) is 17.2 Å². The molecule has 1 saturated heterocycles. The molecule has 0 bridgehead atoms. The molecule has 0 saturated carbocycles. The van der Waals surface area contributed by atoms with E-state index in [9.17, 15) is 4.79 Å². The summed E-state index contributed by atoms with van der Waals surface area (Å²) in [5, 5.41) is 3.15. The van der Waals surface area contributed by atoms with Gasteiger partial charge in [-0.05, 0) is 48.5 Å². The van der Waals surface area contributed by atoms with Gasteiger partial charge in [0.25, 0.3) is 6.47 Å². The number of hydrogen-bond acceptors (Lipinski definition) is 7. The highest BCUT2D eigenvalue weighted by Crippen LogP contribution is 2.22. The van der Waals surface area contributed by atoms with Crippen molar-refractivity contribution in [2.24, 2.45) is 0 Å². The van der Waals surface area contributed by atoms with Crippen molar-refractivity contribution in [1.82, 2.24) is 4.98 Å². The summed E-state index contributed by atoms with van der Waals surface area (Å²) in [7, 11) is 3.60. The Hall–Kier alpha value is -3.74. The maximum absolute atomic E-state index is 9.75. The van der Waals surface area contributed by atoms with Gasteiger partial charge in [-0.3, -0.25) is 4.79 Å². The van der Waals surface area contributed by atoms with Gasteiger partial charge in [-0.2, -0.15) is 0 Å². The fourth-order valence-electron chi connectivity index (χ4n) is 3.27. The highest BCUT2D eigenvalue weighted by Gasteiger charge is 2.18. The number of hydrogen-bond donors (Lipinski definition) is 1. The second-order valence-corrected chi connectivity index (χ2v) is 6.85. The second-order valence-electron chi connectivity index (χ2n) is 6.85. The van der Waals surface area contributed by atoms with Crippen LogP contribution in [0, 0.1) is 0 Å². The van der Waals surface area contributed by atoms with Crippen molar-refractivity contribution in [3.05, 3.63) is 72.9 Å².